The molecule has 1 heterocycles. The summed E-state index contributed by atoms with van der Waals surface area (Å²) >= 11 is 5.70. The summed E-state index contributed by atoms with van der Waals surface area (Å²) in [5.41, 5.74) is 0.935. The molecule has 2 atom stereocenters. The maximum absolute atomic E-state index is 11.5. The summed E-state index contributed by atoms with van der Waals surface area (Å²) in [4.78, 5) is 11.5. The van der Waals surface area contributed by atoms with Gasteiger partial charge in [0.15, 0.2) is 0 Å². The maximum atomic E-state index is 11.5. The van der Waals surface area contributed by atoms with Gasteiger partial charge in [-0.05, 0) is 44.6 Å². The van der Waals surface area contributed by atoms with Gasteiger partial charge in [-0.2, -0.15) is 0 Å². The summed E-state index contributed by atoms with van der Waals surface area (Å²) in [6.07, 6.45) is 7.95. The first-order valence-electron chi connectivity index (χ1n) is 6.14. The number of fused-ring (bicyclic) bond motifs is 1. The normalized spacial score (nSPS) is 34.8. The molecule has 0 radical (unpaired) electrons. The lowest BCUT2D eigenvalue weighted by molar-refractivity contribution is -0.167. The third kappa shape index (κ3) is 2.00. The number of halogens is 1. The second-order valence-corrected chi connectivity index (χ2v) is 5.23. The molecule has 1 saturated heterocycles. The van der Waals surface area contributed by atoms with Gasteiger partial charge in [-0.15, -0.1) is 11.6 Å². The zero-order valence-electron chi connectivity index (χ0n) is 9.80. The topological polar surface area (TPSA) is 26.3 Å². The highest BCUT2D eigenvalue weighted by Crippen LogP contribution is 2.48. The van der Waals surface area contributed by atoms with Crippen molar-refractivity contribution in [1.82, 2.24) is 0 Å². The Morgan fingerprint density at radius 2 is 2.44 bits per heavy atom. The van der Waals surface area contributed by atoms with E-state index in [0.29, 0.717) is 18.2 Å². The Morgan fingerprint density at radius 3 is 3.19 bits per heavy atom. The summed E-state index contributed by atoms with van der Waals surface area (Å²) in [5.74, 6) is 1.14. The zero-order valence-corrected chi connectivity index (χ0v) is 10.6. The predicted molar refractivity (Wildman–Crippen MR) is 64.5 cm³/mol. The summed E-state index contributed by atoms with van der Waals surface area (Å²) in [6.45, 7) is 2.09. The maximum Gasteiger partial charge on any atom is 0.306 e. The average molecular weight is 243 g/mol. The standard InChI is InChI=1S/C13H19ClO2/c1-10(4-3-9-14)13-8-2-5-11(13)6-7-12(15)16-13/h4,11H,2-3,5-9H2,1H3/b10-4-/t11-,13+/m0/s1. The van der Waals surface area contributed by atoms with Crippen LogP contribution in [0.4, 0.5) is 0 Å². The fourth-order valence-corrected chi connectivity index (χ4v) is 3.26. The van der Waals surface area contributed by atoms with Crippen LogP contribution < -0.4 is 0 Å². The van der Waals surface area contributed by atoms with Gasteiger partial charge < -0.3 is 4.74 Å². The van der Waals surface area contributed by atoms with E-state index < -0.39 is 0 Å². The van der Waals surface area contributed by atoms with E-state index >= 15 is 0 Å². The number of rotatable bonds is 3. The SMILES string of the molecule is C/C(=C/CCCl)[C@]12CCC[C@H]1CCC(=O)O2. The van der Waals surface area contributed by atoms with Crippen LogP contribution in [-0.2, 0) is 9.53 Å². The molecule has 1 aliphatic carbocycles. The molecule has 0 aromatic rings. The van der Waals surface area contributed by atoms with Crippen LogP contribution in [0.3, 0.4) is 0 Å². The quantitative estimate of drug-likeness (QED) is 0.431. The Balaban J connectivity index is 2.21. The Kier molecular flexibility index (Phi) is 3.58. The van der Waals surface area contributed by atoms with E-state index in [-0.39, 0.29) is 11.6 Å². The molecule has 0 spiro atoms. The van der Waals surface area contributed by atoms with Gasteiger partial charge in [0, 0.05) is 18.2 Å². The number of alkyl halides is 1. The van der Waals surface area contributed by atoms with Gasteiger partial charge in [-0.1, -0.05) is 6.08 Å². The molecule has 0 unspecified atom stereocenters. The number of hydrogen-bond acceptors (Lipinski definition) is 2. The molecule has 0 aromatic carbocycles. The summed E-state index contributed by atoms with van der Waals surface area (Å²) in [5, 5.41) is 0. The molecule has 1 saturated carbocycles. The van der Waals surface area contributed by atoms with Crippen LogP contribution >= 0.6 is 11.6 Å². The molecule has 90 valence electrons. The first kappa shape index (κ1) is 12.0. The van der Waals surface area contributed by atoms with Crippen molar-refractivity contribution >= 4 is 17.6 Å². The zero-order chi connectivity index (χ0) is 11.6. The molecule has 0 bridgehead atoms. The number of allylic oxidation sites excluding steroid dienone is 1. The third-order valence-corrected chi connectivity index (χ3v) is 4.20. The van der Waals surface area contributed by atoms with Gasteiger partial charge in [0.1, 0.15) is 5.60 Å². The van der Waals surface area contributed by atoms with Gasteiger partial charge in [0.2, 0.25) is 0 Å². The highest BCUT2D eigenvalue weighted by molar-refractivity contribution is 6.17. The van der Waals surface area contributed by atoms with E-state index in [4.69, 9.17) is 16.3 Å². The fourth-order valence-electron chi connectivity index (χ4n) is 3.15. The van der Waals surface area contributed by atoms with Crippen molar-refractivity contribution < 1.29 is 9.53 Å². The van der Waals surface area contributed by atoms with Crippen LogP contribution in [0.25, 0.3) is 0 Å². The highest BCUT2D eigenvalue weighted by Gasteiger charge is 2.49. The van der Waals surface area contributed by atoms with Crippen LogP contribution in [0.15, 0.2) is 11.6 Å². The van der Waals surface area contributed by atoms with Crippen molar-refractivity contribution in [3.05, 3.63) is 11.6 Å². The molecule has 0 N–H and O–H groups in total. The number of hydrogen-bond donors (Lipinski definition) is 0. The van der Waals surface area contributed by atoms with E-state index in [1.807, 2.05) is 0 Å². The Bertz CT molecular complexity index is 311. The van der Waals surface area contributed by atoms with E-state index in [1.54, 1.807) is 0 Å². The number of carbonyl (C=O) groups excluding carboxylic acids is 1. The van der Waals surface area contributed by atoms with Crippen molar-refractivity contribution in [2.45, 2.75) is 51.0 Å². The van der Waals surface area contributed by atoms with Crippen LogP contribution in [0.2, 0.25) is 0 Å². The molecule has 16 heavy (non-hydrogen) atoms. The Hall–Kier alpha value is -0.500. The van der Waals surface area contributed by atoms with Crippen LogP contribution in [0, 0.1) is 5.92 Å². The fraction of sp³-hybridized carbons (Fsp3) is 0.769. The summed E-state index contributed by atoms with van der Waals surface area (Å²) in [6, 6.07) is 0. The van der Waals surface area contributed by atoms with Crippen molar-refractivity contribution in [3.8, 4) is 0 Å². The first-order chi connectivity index (χ1) is 7.69. The van der Waals surface area contributed by atoms with E-state index in [2.05, 4.69) is 13.0 Å². The molecule has 0 amide bonds. The van der Waals surface area contributed by atoms with Gasteiger partial charge >= 0.3 is 5.97 Å². The molecule has 2 fully saturated rings. The Labute approximate surface area is 102 Å². The minimum absolute atomic E-state index is 0.0308. The minimum atomic E-state index is -0.276. The lowest BCUT2D eigenvalue weighted by atomic mass is 9.79. The summed E-state index contributed by atoms with van der Waals surface area (Å²) in [7, 11) is 0. The molecule has 2 nitrogen and oxygen atoms in total. The largest absolute Gasteiger partial charge is 0.454 e. The second-order valence-electron chi connectivity index (χ2n) is 4.86. The van der Waals surface area contributed by atoms with Crippen LogP contribution in [0.5, 0.6) is 0 Å². The number of carbonyl (C=O) groups is 1. The highest BCUT2D eigenvalue weighted by atomic mass is 35.5. The number of ether oxygens (including phenoxy) is 1. The minimum Gasteiger partial charge on any atom is -0.454 e. The third-order valence-electron chi connectivity index (χ3n) is 3.98. The van der Waals surface area contributed by atoms with Crippen molar-refractivity contribution in [3.63, 3.8) is 0 Å². The van der Waals surface area contributed by atoms with Gasteiger partial charge in [-0.3, -0.25) is 4.79 Å². The molecule has 0 aromatic heterocycles. The predicted octanol–water partition coefficient (Wildman–Crippen LogP) is 3.44. The lowest BCUT2D eigenvalue weighted by Gasteiger charge is -2.39. The monoisotopic (exact) mass is 242 g/mol. The molecule has 1 aliphatic heterocycles. The van der Waals surface area contributed by atoms with Gasteiger partial charge in [0.25, 0.3) is 0 Å². The molecular weight excluding hydrogens is 224 g/mol. The van der Waals surface area contributed by atoms with Gasteiger partial charge in [-0.25, -0.2) is 0 Å². The Morgan fingerprint density at radius 1 is 1.62 bits per heavy atom. The van der Waals surface area contributed by atoms with Gasteiger partial charge in [0.05, 0.1) is 0 Å². The van der Waals surface area contributed by atoms with Crippen LogP contribution in [0.1, 0.15) is 45.4 Å². The molecular formula is C13H19ClO2. The van der Waals surface area contributed by atoms with E-state index in [9.17, 15) is 4.79 Å². The number of esters is 1. The van der Waals surface area contributed by atoms with E-state index in [1.165, 1.54) is 18.4 Å². The van der Waals surface area contributed by atoms with Crippen molar-refractivity contribution in [2.75, 3.05) is 5.88 Å². The first-order valence-corrected chi connectivity index (χ1v) is 6.67. The molecule has 3 heteroatoms. The average Bonchev–Trinajstić information content (AvgIpc) is 2.69. The van der Waals surface area contributed by atoms with E-state index in [0.717, 1.165) is 19.3 Å². The molecule has 2 aliphatic rings. The smallest absolute Gasteiger partial charge is 0.306 e. The van der Waals surface area contributed by atoms with Crippen LogP contribution in [-0.4, -0.2) is 17.5 Å². The lowest BCUT2D eigenvalue weighted by Crippen LogP contribution is -2.43. The van der Waals surface area contributed by atoms with Crippen molar-refractivity contribution in [1.29, 1.82) is 0 Å². The van der Waals surface area contributed by atoms with Crippen molar-refractivity contribution in [2.24, 2.45) is 5.92 Å². The summed E-state index contributed by atoms with van der Waals surface area (Å²) < 4.78 is 5.71. The second kappa shape index (κ2) is 4.79. The molecule has 2 rings (SSSR count).